The van der Waals surface area contributed by atoms with Crippen LogP contribution in [-0.2, 0) is 0 Å². The van der Waals surface area contributed by atoms with Crippen molar-refractivity contribution in [3.05, 3.63) is 35.9 Å². The molecule has 0 aromatic heterocycles. The van der Waals surface area contributed by atoms with Gasteiger partial charge in [-0.1, -0.05) is 37.3 Å². The standard InChI is InChI=1S/C22H37N5/c1-4-23-22(24-16-19(2)17-26-14-12-25(3)13-15-26)27-11-10-21(18-27)20-8-6-5-7-9-20/h5-9,19,21H,4,10-18H2,1-3H3,(H,23,24). The zero-order valence-corrected chi connectivity index (χ0v) is 17.4. The summed E-state index contributed by atoms with van der Waals surface area (Å²) in [6.45, 7) is 14.4. The number of aliphatic imine (C=N–C) groups is 1. The third-order valence-corrected chi connectivity index (χ3v) is 5.81. The van der Waals surface area contributed by atoms with Crippen LogP contribution in [-0.4, -0.2) is 86.6 Å². The predicted octanol–water partition coefficient (Wildman–Crippen LogP) is 2.32. The summed E-state index contributed by atoms with van der Waals surface area (Å²) in [4.78, 5) is 12.5. The Balaban J connectivity index is 1.52. The number of hydrogen-bond donors (Lipinski definition) is 1. The maximum absolute atomic E-state index is 5.00. The van der Waals surface area contributed by atoms with Crippen LogP contribution in [0.15, 0.2) is 35.3 Å². The minimum Gasteiger partial charge on any atom is -0.357 e. The normalized spacial score (nSPS) is 23.6. The number of nitrogens with one attached hydrogen (secondary N) is 1. The van der Waals surface area contributed by atoms with Crippen LogP contribution in [0.3, 0.4) is 0 Å². The maximum atomic E-state index is 5.00. The summed E-state index contributed by atoms with van der Waals surface area (Å²) in [5.41, 5.74) is 1.46. The van der Waals surface area contributed by atoms with Crippen molar-refractivity contribution in [2.45, 2.75) is 26.2 Å². The average Bonchev–Trinajstić information content (AvgIpc) is 3.18. The van der Waals surface area contributed by atoms with E-state index in [2.05, 4.69) is 71.2 Å². The van der Waals surface area contributed by atoms with E-state index in [1.165, 1.54) is 38.2 Å². The Hall–Kier alpha value is -1.59. The molecule has 5 nitrogen and oxygen atoms in total. The molecule has 27 heavy (non-hydrogen) atoms. The van der Waals surface area contributed by atoms with E-state index in [-0.39, 0.29) is 0 Å². The second-order valence-electron chi connectivity index (χ2n) is 8.25. The summed E-state index contributed by atoms with van der Waals surface area (Å²) in [5.74, 6) is 2.31. The van der Waals surface area contributed by atoms with Crippen LogP contribution in [0.25, 0.3) is 0 Å². The van der Waals surface area contributed by atoms with Crippen molar-refractivity contribution in [3.8, 4) is 0 Å². The highest BCUT2D eigenvalue weighted by atomic mass is 15.3. The molecule has 2 unspecified atom stereocenters. The fraction of sp³-hybridized carbons (Fsp3) is 0.682. The molecule has 2 heterocycles. The van der Waals surface area contributed by atoms with Crippen molar-refractivity contribution in [1.29, 1.82) is 0 Å². The molecule has 2 fully saturated rings. The van der Waals surface area contributed by atoms with Gasteiger partial charge in [-0.15, -0.1) is 0 Å². The van der Waals surface area contributed by atoms with Crippen molar-refractivity contribution >= 4 is 5.96 Å². The number of likely N-dealkylation sites (tertiary alicyclic amines) is 1. The van der Waals surface area contributed by atoms with Crippen LogP contribution in [0.5, 0.6) is 0 Å². The third kappa shape index (κ3) is 5.94. The Morgan fingerprint density at radius 1 is 1.15 bits per heavy atom. The molecule has 5 heteroatoms. The Morgan fingerprint density at radius 3 is 2.59 bits per heavy atom. The molecular weight excluding hydrogens is 334 g/mol. The Labute approximate surface area is 165 Å². The smallest absolute Gasteiger partial charge is 0.193 e. The second-order valence-corrected chi connectivity index (χ2v) is 8.25. The Kier molecular flexibility index (Phi) is 7.53. The molecule has 0 radical (unpaired) electrons. The zero-order valence-electron chi connectivity index (χ0n) is 17.4. The molecule has 1 aromatic rings. The molecule has 0 aliphatic carbocycles. The van der Waals surface area contributed by atoms with Gasteiger partial charge in [-0.05, 0) is 31.9 Å². The molecule has 2 aliphatic rings. The number of benzene rings is 1. The Bertz CT molecular complexity index is 580. The van der Waals surface area contributed by atoms with Crippen molar-refractivity contribution < 1.29 is 0 Å². The lowest BCUT2D eigenvalue weighted by atomic mass is 9.99. The van der Waals surface area contributed by atoms with Gasteiger partial charge >= 0.3 is 0 Å². The van der Waals surface area contributed by atoms with E-state index in [0.717, 1.165) is 38.7 Å². The van der Waals surface area contributed by atoms with E-state index in [4.69, 9.17) is 4.99 Å². The van der Waals surface area contributed by atoms with Gasteiger partial charge in [0.05, 0.1) is 0 Å². The summed E-state index contributed by atoms with van der Waals surface area (Å²) in [5, 5.41) is 3.52. The van der Waals surface area contributed by atoms with Crippen molar-refractivity contribution in [2.75, 3.05) is 66.0 Å². The summed E-state index contributed by atoms with van der Waals surface area (Å²) in [7, 11) is 2.21. The van der Waals surface area contributed by atoms with Gasteiger partial charge in [0, 0.05) is 64.8 Å². The second kappa shape index (κ2) is 10.1. The van der Waals surface area contributed by atoms with E-state index < -0.39 is 0 Å². The van der Waals surface area contributed by atoms with Crippen molar-refractivity contribution in [3.63, 3.8) is 0 Å². The molecule has 3 rings (SSSR count). The molecule has 0 spiro atoms. The average molecular weight is 372 g/mol. The highest BCUT2D eigenvalue weighted by molar-refractivity contribution is 5.80. The highest BCUT2D eigenvalue weighted by Gasteiger charge is 2.26. The fourth-order valence-electron chi connectivity index (χ4n) is 4.15. The first-order valence-corrected chi connectivity index (χ1v) is 10.6. The fourth-order valence-corrected chi connectivity index (χ4v) is 4.15. The Morgan fingerprint density at radius 2 is 1.89 bits per heavy atom. The highest BCUT2D eigenvalue weighted by Crippen LogP contribution is 2.26. The summed E-state index contributed by atoms with van der Waals surface area (Å²) in [6, 6.07) is 10.9. The van der Waals surface area contributed by atoms with E-state index in [9.17, 15) is 0 Å². The van der Waals surface area contributed by atoms with Crippen molar-refractivity contribution in [2.24, 2.45) is 10.9 Å². The van der Waals surface area contributed by atoms with Gasteiger partial charge in [0.1, 0.15) is 0 Å². The van der Waals surface area contributed by atoms with Crippen LogP contribution >= 0.6 is 0 Å². The van der Waals surface area contributed by atoms with E-state index in [1.54, 1.807) is 0 Å². The van der Waals surface area contributed by atoms with Crippen LogP contribution in [0, 0.1) is 5.92 Å². The molecule has 1 aromatic carbocycles. The third-order valence-electron chi connectivity index (χ3n) is 5.81. The van der Waals surface area contributed by atoms with Gasteiger partial charge in [-0.2, -0.15) is 0 Å². The number of guanidine groups is 1. The maximum Gasteiger partial charge on any atom is 0.193 e. The zero-order chi connectivity index (χ0) is 19.1. The first kappa shape index (κ1) is 20.2. The first-order valence-electron chi connectivity index (χ1n) is 10.6. The number of rotatable bonds is 6. The molecule has 0 amide bonds. The number of piperazine rings is 1. The lowest BCUT2D eigenvalue weighted by Gasteiger charge is -2.33. The van der Waals surface area contributed by atoms with E-state index in [1.807, 2.05) is 0 Å². The number of hydrogen-bond acceptors (Lipinski definition) is 3. The molecule has 2 aliphatic heterocycles. The van der Waals surface area contributed by atoms with Gasteiger partial charge in [0.25, 0.3) is 0 Å². The summed E-state index contributed by atoms with van der Waals surface area (Å²) >= 11 is 0. The van der Waals surface area contributed by atoms with E-state index in [0.29, 0.717) is 11.8 Å². The molecule has 2 saturated heterocycles. The van der Waals surface area contributed by atoms with Crippen molar-refractivity contribution in [1.82, 2.24) is 20.0 Å². The molecule has 0 saturated carbocycles. The van der Waals surface area contributed by atoms with E-state index >= 15 is 0 Å². The number of nitrogens with zero attached hydrogens (tertiary/aromatic N) is 4. The molecular formula is C22H37N5. The first-order chi connectivity index (χ1) is 13.2. The lowest BCUT2D eigenvalue weighted by Crippen LogP contribution is -2.46. The van der Waals surface area contributed by atoms with Crippen LogP contribution < -0.4 is 5.32 Å². The monoisotopic (exact) mass is 371 g/mol. The lowest BCUT2D eigenvalue weighted by molar-refractivity contribution is 0.140. The molecule has 1 N–H and O–H groups in total. The van der Waals surface area contributed by atoms with Crippen LogP contribution in [0.4, 0.5) is 0 Å². The molecule has 2 atom stereocenters. The topological polar surface area (TPSA) is 34.1 Å². The van der Waals surface area contributed by atoms with Crippen LogP contribution in [0.2, 0.25) is 0 Å². The predicted molar refractivity (Wildman–Crippen MR) is 114 cm³/mol. The van der Waals surface area contributed by atoms with Gasteiger partial charge in [-0.3, -0.25) is 4.99 Å². The minimum absolute atomic E-state index is 0.592. The molecule has 0 bridgehead atoms. The summed E-state index contributed by atoms with van der Waals surface area (Å²) < 4.78 is 0. The van der Waals surface area contributed by atoms with Gasteiger partial charge in [-0.25, -0.2) is 0 Å². The van der Waals surface area contributed by atoms with Crippen LogP contribution in [0.1, 0.15) is 31.7 Å². The van der Waals surface area contributed by atoms with Gasteiger partial charge < -0.3 is 20.0 Å². The summed E-state index contributed by atoms with van der Waals surface area (Å²) in [6.07, 6.45) is 1.21. The quantitative estimate of drug-likeness (QED) is 0.615. The molecule has 150 valence electrons. The minimum atomic E-state index is 0.592. The SMILES string of the molecule is CCNC(=NCC(C)CN1CCN(C)CC1)N1CCC(c2ccccc2)C1. The van der Waals surface area contributed by atoms with Gasteiger partial charge in [0.15, 0.2) is 5.96 Å². The number of likely N-dealkylation sites (N-methyl/N-ethyl adjacent to an activating group) is 1. The largest absolute Gasteiger partial charge is 0.357 e. The van der Waals surface area contributed by atoms with Gasteiger partial charge in [0.2, 0.25) is 0 Å².